The first-order valence-corrected chi connectivity index (χ1v) is 9.48. The Kier molecular flexibility index (Phi) is 7.17. The van der Waals surface area contributed by atoms with Crippen LogP contribution in [0.5, 0.6) is 5.75 Å². The highest BCUT2D eigenvalue weighted by Crippen LogP contribution is 2.35. The lowest BCUT2D eigenvalue weighted by Crippen LogP contribution is -2.13. The van der Waals surface area contributed by atoms with E-state index in [0.29, 0.717) is 30.2 Å². The maximum atomic E-state index is 12.0. The predicted octanol–water partition coefficient (Wildman–Crippen LogP) is 6.48. The van der Waals surface area contributed by atoms with E-state index in [-0.39, 0.29) is 5.91 Å². The molecule has 0 aliphatic carbocycles. The van der Waals surface area contributed by atoms with Crippen molar-refractivity contribution in [2.75, 3.05) is 11.9 Å². The first-order chi connectivity index (χ1) is 11.8. The van der Waals surface area contributed by atoms with Crippen LogP contribution < -0.4 is 10.1 Å². The molecule has 0 aromatic heterocycles. The second-order valence-corrected chi connectivity index (χ2v) is 7.49. The number of hydrogen-bond donors (Lipinski definition) is 1. The minimum atomic E-state index is -0.0638. The summed E-state index contributed by atoms with van der Waals surface area (Å²) in [5.41, 5.74) is 3.59. The van der Waals surface area contributed by atoms with Crippen LogP contribution in [0, 0.1) is 20.8 Å². The number of ether oxygens (including phenoxy) is 1. The molecular formula is C19H20BrCl2NO2. The average Bonchev–Trinajstić information content (AvgIpc) is 2.57. The zero-order valence-corrected chi connectivity index (χ0v) is 17.5. The largest absolute Gasteiger partial charge is 0.492 e. The van der Waals surface area contributed by atoms with Crippen molar-refractivity contribution in [2.24, 2.45) is 0 Å². The van der Waals surface area contributed by atoms with E-state index in [2.05, 4.69) is 21.2 Å². The molecule has 0 bridgehead atoms. The van der Waals surface area contributed by atoms with Crippen molar-refractivity contribution < 1.29 is 9.53 Å². The van der Waals surface area contributed by atoms with Gasteiger partial charge in [0.15, 0.2) is 0 Å². The van der Waals surface area contributed by atoms with Crippen molar-refractivity contribution in [3.63, 3.8) is 0 Å². The fourth-order valence-corrected chi connectivity index (χ4v) is 3.19. The van der Waals surface area contributed by atoms with Gasteiger partial charge in [0, 0.05) is 22.2 Å². The first-order valence-electron chi connectivity index (χ1n) is 7.93. The Balaban J connectivity index is 1.83. The molecule has 0 radical (unpaired) electrons. The van der Waals surface area contributed by atoms with Crippen LogP contribution in [0.3, 0.4) is 0 Å². The Hall–Kier alpha value is -1.23. The topological polar surface area (TPSA) is 38.3 Å². The number of carbonyl (C=O) groups excluding carboxylic acids is 1. The molecule has 0 fully saturated rings. The molecule has 134 valence electrons. The Morgan fingerprint density at radius 2 is 1.88 bits per heavy atom. The van der Waals surface area contributed by atoms with E-state index in [4.69, 9.17) is 27.9 Å². The molecule has 2 aromatic carbocycles. The van der Waals surface area contributed by atoms with E-state index in [1.807, 2.05) is 39.0 Å². The number of hydrogen-bond acceptors (Lipinski definition) is 2. The second-order valence-electron chi connectivity index (χ2n) is 5.91. The Bertz CT molecular complexity index is 793. The summed E-state index contributed by atoms with van der Waals surface area (Å²) in [5.74, 6) is 0.677. The van der Waals surface area contributed by atoms with Crippen LogP contribution >= 0.6 is 39.1 Å². The Morgan fingerprint density at radius 1 is 1.16 bits per heavy atom. The lowest BCUT2D eigenvalue weighted by molar-refractivity contribution is -0.116. The molecule has 6 heteroatoms. The maximum absolute atomic E-state index is 12.0. The zero-order chi connectivity index (χ0) is 18.6. The van der Waals surface area contributed by atoms with Crippen molar-refractivity contribution in [1.29, 1.82) is 0 Å². The summed E-state index contributed by atoms with van der Waals surface area (Å²) in [6.07, 6.45) is 0.979. The quantitative estimate of drug-likeness (QED) is 0.517. The maximum Gasteiger partial charge on any atom is 0.224 e. The van der Waals surface area contributed by atoms with Crippen LogP contribution in [-0.4, -0.2) is 12.5 Å². The van der Waals surface area contributed by atoms with Gasteiger partial charge in [-0.1, -0.05) is 29.3 Å². The van der Waals surface area contributed by atoms with Gasteiger partial charge in [-0.15, -0.1) is 0 Å². The molecule has 0 atom stereocenters. The molecule has 0 unspecified atom stereocenters. The van der Waals surface area contributed by atoms with E-state index >= 15 is 0 Å². The van der Waals surface area contributed by atoms with Gasteiger partial charge in [0.05, 0.1) is 11.1 Å². The molecule has 0 saturated heterocycles. The third-order valence-electron chi connectivity index (χ3n) is 3.83. The fraction of sp³-hybridized carbons (Fsp3) is 0.316. The molecule has 1 amide bonds. The summed E-state index contributed by atoms with van der Waals surface area (Å²) in [5, 5.41) is 4.21. The van der Waals surface area contributed by atoms with Gasteiger partial charge in [-0.2, -0.15) is 0 Å². The van der Waals surface area contributed by atoms with E-state index < -0.39 is 0 Å². The van der Waals surface area contributed by atoms with Crippen LogP contribution in [0.2, 0.25) is 10.0 Å². The van der Waals surface area contributed by atoms with Gasteiger partial charge < -0.3 is 10.1 Å². The fourth-order valence-electron chi connectivity index (χ4n) is 2.31. The number of anilines is 1. The number of amides is 1. The third-order valence-corrected chi connectivity index (χ3v) is 5.80. The van der Waals surface area contributed by atoms with Gasteiger partial charge in [-0.25, -0.2) is 0 Å². The van der Waals surface area contributed by atoms with Crippen LogP contribution in [0.1, 0.15) is 29.5 Å². The summed E-state index contributed by atoms with van der Waals surface area (Å²) in [6.45, 7) is 6.24. The minimum absolute atomic E-state index is 0.0638. The molecule has 2 aromatic rings. The van der Waals surface area contributed by atoms with Gasteiger partial charge in [0.2, 0.25) is 5.91 Å². The van der Waals surface area contributed by atoms with Crippen molar-refractivity contribution in [3.8, 4) is 5.75 Å². The molecular weight excluding hydrogens is 425 g/mol. The van der Waals surface area contributed by atoms with Crippen molar-refractivity contribution in [1.82, 2.24) is 0 Å². The number of nitrogens with one attached hydrogen (secondary N) is 1. The van der Waals surface area contributed by atoms with Crippen molar-refractivity contribution in [3.05, 3.63) is 55.5 Å². The third kappa shape index (κ3) is 5.37. The number of rotatable bonds is 6. The summed E-state index contributed by atoms with van der Waals surface area (Å²) in [6, 6.07) is 7.37. The van der Waals surface area contributed by atoms with Gasteiger partial charge in [0.25, 0.3) is 0 Å². The molecule has 0 aliphatic rings. The van der Waals surface area contributed by atoms with Crippen LogP contribution in [0.25, 0.3) is 0 Å². The smallest absolute Gasteiger partial charge is 0.224 e. The molecule has 25 heavy (non-hydrogen) atoms. The van der Waals surface area contributed by atoms with E-state index in [1.165, 1.54) is 0 Å². The summed E-state index contributed by atoms with van der Waals surface area (Å²) in [7, 11) is 0. The summed E-state index contributed by atoms with van der Waals surface area (Å²) >= 11 is 15.8. The highest BCUT2D eigenvalue weighted by molar-refractivity contribution is 9.10. The standard InChI is InChI=1S/C19H20BrCl2NO2/c1-11-6-7-14(10-15(11)21)23-17(24)5-4-8-25-16-9-12(2)19(22)13(3)18(16)20/h6-7,9-10H,4-5,8H2,1-3H3,(H,23,24). The van der Waals surface area contributed by atoms with Crippen LogP contribution in [-0.2, 0) is 4.79 Å². The molecule has 0 spiro atoms. The predicted molar refractivity (Wildman–Crippen MR) is 108 cm³/mol. The average molecular weight is 445 g/mol. The highest BCUT2D eigenvalue weighted by Gasteiger charge is 2.11. The SMILES string of the molecule is Cc1ccc(NC(=O)CCCOc2cc(C)c(Cl)c(C)c2Br)cc1Cl. The van der Waals surface area contributed by atoms with Crippen LogP contribution in [0.15, 0.2) is 28.7 Å². The lowest BCUT2D eigenvalue weighted by atomic mass is 10.1. The number of carbonyl (C=O) groups is 1. The minimum Gasteiger partial charge on any atom is -0.492 e. The van der Waals surface area contributed by atoms with Gasteiger partial charge in [-0.3, -0.25) is 4.79 Å². The van der Waals surface area contributed by atoms with Gasteiger partial charge in [-0.05, 0) is 78.0 Å². The molecule has 1 N–H and O–H groups in total. The Labute approximate surface area is 166 Å². The highest BCUT2D eigenvalue weighted by atomic mass is 79.9. The first kappa shape index (κ1) is 20.1. The monoisotopic (exact) mass is 443 g/mol. The van der Waals surface area contributed by atoms with Gasteiger partial charge >= 0.3 is 0 Å². The number of benzene rings is 2. The molecule has 2 rings (SSSR count). The summed E-state index contributed by atoms with van der Waals surface area (Å²) < 4.78 is 6.63. The normalized spacial score (nSPS) is 10.6. The number of halogens is 3. The van der Waals surface area contributed by atoms with E-state index in [1.54, 1.807) is 6.07 Å². The summed E-state index contributed by atoms with van der Waals surface area (Å²) in [4.78, 5) is 12.0. The van der Waals surface area contributed by atoms with Crippen LogP contribution in [0.4, 0.5) is 5.69 Å². The molecule has 0 aliphatic heterocycles. The molecule has 3 nitrogen and oxygen atoms in total. The van der Waals surface area contributed by atoms with Crippen molar-refractivity contribution >= 4 is 50.7 Å². The van der Waals surface area contributed by atoms with Gasteiger partial charge in [0.1, 0.15) is 5.75 Å². The zero-order valence-electron chi connectivity index (χ0n) is 14.4. The molecule has 0 saturated carbocycles. The second kappa shape index (κ2) is 8.93. The number of aryl methyl sites for hydroxylation is 2. The lowest BCUT2D eigenvalue weighted by Gasteiger charge is -2.13. The Morgan fingerprint density at radius 3 is 2.56 bits per heavy atom. The molecule has 0 heterocycles. The van der Waals surface area contributed by atoms with E-state index in [9.17, 15) is 4.79 Å². The van der Waals surface area contributed by atoms with Crippen molar-refractivity contribution in [2.45, 2.75) is 33.6 Å². The van der Waals surface area contributed by atoms with E-state index in [0.717, 1.165) is 31.9 Å².